The minimum absolute atomic E-state index is 0.0893. The summed E-state index contributed by atoms with van der Waals surface area (Å²) in [5.41, 5.74) is 3.75. The second-order valence-corrected chi connectivity index (χ2v) is 11.6. The van der Waals surface area contributed by atoms with E-state index in [9.17, 15) is 14.3 Å². The number of nitrogens with one attached hydrogen (secondary N) is 1. The van der Waals surface area contributed by atoms with Crippen LogP contribution in [0.25, 0.3) is 11.3 Å². The molecule has 0 spiro atoms. The van der Waals surface area contributed by atoms with Gasteiger partial charge in [0.2, 0.25) is 5.91 Å². The van der Waals surface area contributed by atoms with Crippen molar-refractivity contribution in [3.05, 3.63) is 65.7 Å². The first-order valence-electron chi connectivity index (χ1n) is 13.0. The van der Waals surface area contributed by atoms with Crippen LogP contribution in [-0.4, -0.2) is 22.3 Å². The minimum Gasteiger partial charge on any atom is -0.393 e. The minimum atomic E-state index is -0.306. The number of allylic oxidation sites excluding steroid dienone is 2. The lowest BCUT2D eigenvalue weighted by molar-refractivity contribution is -0.124. The number of benzene rings is 1. The van der Waals surface area contributed by atoms with E-state index in [2.05, 4.69) is 37.8 Å². The predicted octanol–water partition coefficient (Wildman–Crippen LogP) is 6.59. The Bertz CT molecular complexity index is 1130. The van der Waals surface area contributed by atoms with E-state index in [4.69, 9.17) is 4.52 Å². The summed E-state index contributed by atoms with van der Waals surface area (Å²) in [7, 11) is 0. The fourth-order valence-corrected chi connectivity index (χ4v) is 6.75. The molecule has 2 aliphatic rings. The van der Waals surface area contributed by atoms with Crippen LogP contribution in [0.4, 0.5) is 4.39 Å². The van der Waals surface area contributed by atoms with Crippen LogP contribution in [0.5, 0.6) is 0 Å². The van der Waals surface area contributed by atoms with Crippen molar-refractivity contribution in [2.45, 2.75) is 78.9 Å². The van der Waals surface area contributed by atoms with Crippen molar-refractivity contribution in [2.75, 3.05) is 0 Å². The molecular formula is C30H39FN2O3. The summed E-state index contributed by atoms with van der Waals surface area (Å²) in [5.74, 6) is 0.932. The zero-order valence-electron chi connectivity index (χ0n) is 21.9. The molecule has 0 bridgehead atoms. The zero-order valence-corrected chi connectivity index (χ0v) is 21.9. The highest BCUT2D eigenvalue weighted by atomic mass is 19.1. The van der Waals surface area contributed by atoms with Crippen molar-refractivity contribution in [3.63, 3.8) is 0 Å². The van der Waals surface area contributed by atoms with E-state index >= 15 is 0 Å². The number of hydrogen-bond donors (Lipinski definition) is 2. The van der Waals surface area contributed by atoms with Crippen LogP contribution in [0, 0.1) is 28.5 Å². The van der Waals surface area contributed by atoms with Crippen molar-refractivity contribution in [3.8, 4) is 11.3 Å². The molecule has 5 nitrogen and oxygen atoms in total. The number of carbonyl (C=O) groups excluding carboxylic acids is 1. The lowest BCUT2D eigenvalue weighted by atomic mass is 9.46. The number of aromatic nitrogens is 1. The molecule has 2 saturated carbocycles. The molecule has 2 fully saturated rings. The number of aliphatic hydroxyl groups excluding tert-OH is 1. The van der Waals surface area contributed by atoms with Crippen molar-refractivity contribution in [1.82, 2.24) is 10.5 Å². The molecule has 0 saturated heterocycles. The fourth-order valence-electron chi connectivity index (χ4n) is 6.75. The molecule has 4 rings (SSSR count). The van der Waals surface area contributed by atoms with Gasteiger partial charge in [0, 0.05) is 17.7 Å². The highest BCUT2D eigenvalue weighted by molar-refractivity contribution is 5.88. The predicted molar refractivity (Wildman–Crippen MR) is 139 cm³/mol. The number of aliphatic hydroxyl groups is 1. The van der Waals surface area contributed by atoms with Gasteiger partial charge in [-0.2, -0.15) is 0 Å². The van der Waals surface area contributed by atoms with E-state index in [0.29, 0.717) is 23.3 Å². The van der Waals surface area contributed by atoms with Gasteiger partial charge < -0.3 is 14.9 Å². The summed E-state index contributed by atoms with van der Waals surface area (Å²) < 4.78 is 18.5. The van der Waals surface area contributed by atoms with Crippen LogP contribution in [0.2, 0.25) is 0 Å². The van der Waals surface area contributed by atoms with E-state index in [1.807, 2.05) is 6.92 Å². The standard InChI is InChI=1S/C30H39FN2O3/c1-19(6-12-24-20(2)7-13-26-29(3,4)27(34)14-15-30(24,26)5)16-28(35)32-18-23-17-25(33-36-23)21-8-10-22(31)11-9-21/h8-11,16-17,24,26-27,34H,2,6-7,12-15,18H2,1,3-5H3,(H,32,35)/b19-16+/t24-,26-,27-,30+/m1/s1. The largest absolute Gasteiger partial charge is 0.393 e. The quantitative estimate of drug-likeness (QED) is 0.336. The molecule has 1 amide bonds. The summed E-state index contributed by atoms with van der Waals surface area (Å²) in [4.78, 5) is 12.5. The number of nitrogens with zero attached hydrogens (tertiary/aromatic N) is 1. The van der Waals surface area contributed by atoms with Crippen LogP contribution in [0.15, 0.2) is 58.7 Å². The third kappa shape index (κ3) is 5.34. The number of fused-ring (bicyclic) bond motifs is 1. The van der Waals surface area contributed by atoms with Gasteiger partial charge in [-0.15, -0.1) is 0 Å². The van der Waals surface area contributed by atoms with Crippen molar-refractivity contribution in [1.29, 1.82) is 0 Å². The molecule has 2 N–H and O–H groups in total. The van der Waals surface area contributed by atoms with Crippen LogP contribution >= 0.6 is 0 Å². The Balaban J connectivity index is 1.32. The summed E-state index contributed by atoms with van der Waals surface area (Å²) >= 11 is 0. The van der Waals surface area contributed by atoms with E-state index < -0.39 is 0 Å². The first-order valence-corrected chi connectivity index (χ1v) is 13.0. The molecule has 2 aliphatic carbocycles. The normalized spacial score (nSPS) is 28.0. The molecule has 2 aromatic rings. The number of hydrogen-bond acceptors (Lipinski definition) is 4. The molecular weight excluding hydrogens is 455 g/mol. The number of halogens is 1. The number of carbonyl (C=O) groups is 1. The SMILES string of the molecule is C=C1CC[C@@H]2C(C)(C)[C@H](O)CC[C@@]2(C)[C@@H]1CC/C(C)=C/C(=O)NCc1cc(-c2ccc(F)cc2)no1. The smallest absolute Gasteiger partial charge is 0.244 e. The summed E-state index contributed by atoms with van der Waals surface area (Å²) in [5, 5.41) is 17.5. The van der Waals surface area contributed by atoms with Gasteiger partial charge in [0.05, 0.1) is 12.6 Å². The zero-order chi connectivity index (χ0) is 26.1. The maximum absolute atomic E-state index is 13.1. The average Bonchev–Trinajstić information content (AvgIpc) is 3.29. The van der Waals surface area contributed by atoms with Gasteiger partial charge in [0.15, 0.2) is 5.76 Å². The van der Waals surface area contributed by atoms with Gasteiger partial charge in [-0.1, -0.05) is 43.7 Å². The van der Waals surface area contributed by atoms with E-state index in [1.54, 1.807) is 24.3 Å². The van der Waals surface area contributed by atoms with E-state index in [-0.39, 0.29) is 35.2 Å². The summed E-state index contributed by atoms with van der Waals surface area (Å²) in [6.07, 6.45) is 7.19. The summed E-state index contributed by atoms with van der Waals surface area (Å²) in [6.45, 7) is 13.5. The van der Waals surface area contributed by atoms with Gasteiger partial charge in [0.1, 0.15) is 11.5 Å². The Morgan fingerprint density at radius 3 is 2.72 bits per heavy atom. The van der Waals surface area contributed by atoms with Gasteiger partial charge in [0.25, 0.3) is 0 Å². The van der Waals surface area contributed by atoms with Crippen LogP contribution in [-0.2, 0) is 11.3 Å². The van der Waals surface area contributed by atoms with Crippen LogP contribution in [0.3, 0.4) is 0 Å². The molecule has 6 heteroatoms. The third-order valence-corrected chi connectivity index (χ3v) is 8.89. The molecule has 36 heavy (non-hydrogen) atoms. The van der Waals surface area contributed by atoms with Crippen LogP contribution in [0.1, 0.15) is 72.0 Å². The van der Waals surface area contributed by atoms with E-state index in [1.165, 1.54) is 17.7 Å². The highest BCUT2D eigenvalue weighted by Crippen LogP contribution is 2.61. The maximum atomic E-state index is 13.1. The Hall–Kier alpha value is -2.73. The second kappa shape index (κ2) is 10.3. The van der Waals surface area contributed by atoms with Crippen LogP contribution < -0.4 is 5.32 Å². The lowest BCUT2D eigenvalue weighted by Gasteiger charge is -2.59. The Labute approximate surface area is 213 Å². The fraction of sp³-hybridized carbons (Fsp3) is 0.533. The molecule has 0 radical (unpaired) electrons. The molecule has 4 atom stereocenters. The lowest BCUT2D eigenvalue weighted by Crippen LogP contribution is -2.54. The van der Waals surface area contributed by atoms with Crippen molar-refractivity contribution >= 4 is 5.91 Å². The van der Waals surface area contributed by atoms with Gasteiger partial charge in [-0.05, 0) is 92.4 Å². The molecule has 1 aromatic heterocycles. The third-order valence-electron chi connectivity index (χ3n) is 8.89. The highest BCUT2D eigenvalue weighted by Gasteiger charge is 2.55. The maximum Gasteiger partial charge on any atom is 0.244 e. The monoisotopic (exact) mass is 494 g/mol. The topological polar surface area (TPSA) is 75.4 Å². The Morgan fingerprint density at radius 2 is 2.00 bits per heavy atom. The Morgan fingerprint density at radius 1 is 1.28 bits per heavy atom. The molecule has 0 aliphatic heterocycles. The van der Waals surface area contributed by atoms with Crippen molar-refractivity contribution in [2.24, 2.45) is 22.7 Å². The molecule has 0 unspecified atom stereocenters. The van der Waals surface area contributed by atoms with Gasteiger partial charge in [-0.3, -0.25) is 4.79 Å². The average molecular weight is 495 g/mol. The molecule has 194 valence electrons. The molecule has 1 aromatic carbocycles. The summed E-state index contributed by atoms with van der Waals surface area (Å²) in [6, 6.07) is 7.78. The number of rotatable bonds is 7. The van der Waals surface area contributed by atoms with E-state index in [0.717, 1.165) is 49.7 Å². The van der Waals surface area contributed by atoms with Gasteiger partial charge in [-0.25, -0.2) is 4.39 Å². The second-order valence-electron chi connectivity index (χ2n) is 11.6. The number of amides is 1. The van der Waals surface area contributed by atoms with Gasteiger partial charge >= 0.3 is 0 Å². The molecule has 1 heterocycles. The Kier molecular flexibility index (Phi) is 7.56. The first kappa shape index (κ1) is 26.3. The van der Waals surface area contributed by atoms with Crippen molar-refractivity contribution < 1.29 is 18.8 Å². The first-order chi connectivity index (χ1) is 17.0.